The first-order chi connectivity index (χ1) is 20.0. The maximum Gasteiger partial charge on any atom is 0.269 e. The van der Waals surface area contributed by atoms with E-state index in [2.05, 4.69) is 5.32 Å². The molecule has 0 aromatic heterocycles. The molecule has 1 amide bonds. The zero-order chi connectivity index (χ0) is 30.7. The Hall–Kier alpha value is -2.94. The van der Waals surface area contributed by atoms with E-state index in [1.165, 1.54) is 16.4 Å². The quantitative estimate of drug-likeness (QED) is 0.204. The van der Waals surface area contributed by atoms with Gasteiger partial charge in [0.2, 0.25) is 15.9 Å². The van der Waals surface area contributed by atoms with Gasteiger partial charge in [0.1, 0.15) is 0 Å². The monoisotopic (exact) mass is 606 g/mol. The normalized spacial score (nSPS) is 17.1. The molecule has 0 bridgehead atoms. The molecule has 42 heavy (non-hydrogen) atoms. The number of methoxy groups -OCH3 is 1. The van der Waals surface area contributed by atoms with Crippen molar-refractivity contribution in [3.63, 3.8) is 0 Å². The number of benzene rings is 2. The van der Waals surface area contributed by atoms with Crippen molar-refractivity contribution in [3.05, 3.63) is 70.3 Å². The van der Waals surface area contributed by atoms with Crippen molar-refractivity contribution < 1.29 is 32.7 Å². The molecule has 232 valence electrons. The highest BCUT2D eigenvalue weighted by Gasteiger charge is 2.32. The van der Waals surface area contributed by atoms with E-state index in [1.54, 1.807) is 7.11 Å². The fourth-order valence-electron chi connectivity index (χ4n) is 4.90. The number of rotatable bonds is 17. The number of ether oxygens (including phenoxy) is 2. The third-order valence-corrected chi connectivity index (χ3v) is 8.95. The molecule has 13 heteroatoms. The second-order valence-corrected chi connectivity index (χ2v) is 12.8. The van der Waals surface area contributed by atoms with Crippen LogP contribution >= 0.6 is 0 Å². The Morgan fingerprint density at radius 3 is 2.43 bits per heavy atom. The molecule has 3 atom stereocenters. The van der Waals surface area contributed by atoms with Crippen molar-refractivity contribution >= 4 is 21.6 Å². The first-order valence-electron chi connectivity index (χ1n) is 14.1. The molecule has 2 aromatic rings. The van der Waals surface area contributed by atoms with Gasteiger partial charge < -0.3 is 19.9 Å². The van der Waals surface area contributed by atoms with Gasteiger partial charge in [-0.05, 0) is 36.5 Å². The second-order valence-electron chi connectivity index (χ2n) is 10.9. The molecule has 0 aliphatic carbocycles. The summed E-state index contributed by atoms with van der Waals surface area (Å²) in [6.45, 7) is 5.76. The molecule has 3 rings (SSSR count). The van der Waals surface area contributed by atoms with Gasteiger partial charge in [0.25, 0.3) is 5.69 Å². The minimum Gasteiger partial charge on any atom is -0.390 e. The summed E-state index contributed by atoms with van der Waals surface area (Å²) in [6.07, 6.45) is -0.161. The lowest BCUT2D eigenvalue weighted by Crippen LogP contribution is -2.53. The van der Waals surface area contributed by atoms with Crippen LogP contribution in [-0.2, 0) is 30.7 Å². The Bertz CT molecular complexity index is 1240. The molecule has 12 nitrogen and oxygen atoms in total. The number of carbonyl (C=O) groups is 1. The molecule has 1 saturated heterocycles. The van der Waals surface area contributed by atoms with Crippen LogP contribution in [0.1, 0.15) is 25.8 Å². The Morgan fingerprint density at radius 2 is 1.86 bits per heavy atom. The number of aliphatic hydroxyl groups excluding tert-OH is 1. The lowest BCUT2D eigenvalue weighted by atomic mass is 10.0. The van der Waals surface area contributed by atoms with Crippen LogP contribution in [0.4, 0.5) is 5.69 Å². The summed E-state index contributed by atoms with van der Waals surface area (Å²) in [5.74, 6) is -0.373. The maximum atomic E-state index is 13.6. The summed E-state index contributed by atoms with van der Waals surface area (Å²) in [4.78, 5) is 25.7. The zero-order valence-corrected chi connectivity index (χ0v) is 25.2. The predicted octanol–water partition coefficient (Wildman–Crippen LogP) is 2.07. The van der Waals surface area contributed by atoms with Crippen molar-refractivity contribution in [2.45, 2.75) is 49.8 Å². The Balaban J connectivity index is 1.82. The fraction of sp³-hybridized carbons (Fsp3) is 0.552. The average molecular weight is 607 g/mol. The minimum absolute atomic E-state index is 0.0739. The predicted molar refractivity (Wildman–Crippen MR) is 157 cm³/mol. The summed E-state index contributed by atoms with van der Waals surface area (Å²) in [5, 5.41) is 25.5. The van der Waals surface area contributed by atoms with E-state index in [-0.39, 0.29) is 54.5 Å². The molecule has 0 radical (unpaired) electrons. The minimum atomic E-state index is -4.11. The van der Waals surface area contributed by atoms with Crippen LogP contribution in [0.2, 0.25) is 0 Å². The van der Waals surface area contributed by atoms with Crippen molar-refractivity contribution in [1.29, 1.82) is 0 Å². The van der Waals surface area contributed by atoms with Crippen molar-refractivity contribution in [1.82, 2.24) is 14.5 Å². The van der Waals surface area contributed by atoms with Crippen LogP contribution in [0.25, 0.3) is 0 Å². The van der Waals surface area contributed by atoms with Gasteiger partial charge in [-0.25, -0.2) is 8.42 Å². The second kappa shape index (κ2) is 16.1. The third-order valence-electron chi connectivity index (χ3n) is 7.11. The van der Waals surface area contributed by atoms with E-state index in [9.17, 15) is 28.4 Å². The van der Waals surface area contributed by atoms with Gasteiger partial charge in [0.05, 0.1) is 41.7 Å². The fourth-order valence-corrected chi connectivity index (χ4v) is 6.52. The number of amides is 1. The number of nitro benzene ring substituents is 1. The van der Waals surface area contributed by atoms with Gasteiger partial charge in [-0.15, -0.1) is 0 Å². The van der Waals surface area contributed by atoms with Crippen LogP contribution < -0.4 is 5.32 Å². The van der Waals surface area contributed by atoms with Crippen LogP contribution in [0.3, 0.4) is 0 Å². The lowest BCUT2D eigenvalue weighted by Gasteiger charge is -2.32. The maximum absolute atomic E-state index is 13.6. The summed E-state index contributed by atoms with van der Waals surface area (Å²) >= 11 is 0. The number of non-ortho nitro benzene ring substituents is 1. The number of sulfonamides is 1. The number of nitro groups is 1. The Labute approximate surface area is 247 Å². The van der Waals surface area contributed by atoms with Gasteiger partial charge in [0, 0.05) is 51.5 Å². The van der Waals surface area contributed by atoms with Gasteiger partial charge in [-0.2, -0.15) is 4.31 Å². The average Bonchev–Trinajstić information content (AvgIpc) is 3.50. The van der Waals surface area contributed by atoms with Crippen molar-refractivity contribution in [2.24, 2.45) is 5.92 Å². The first kappa shape index (κ1) is 33.6. The van der Waals surface area contributed by atoms with Crippen LogP contribution in [-0.4, -0.2) is 105 Å². The van der Waals surface area contributed by atoms with E-state index in [4.69, 9.17) is 9.47 Å². The molecular formula is C29H42N4O8S. The van der Waals surface area contributed by atoms with Crippen molar-refractivity contribution in [2.75, 3.05) is 53.1 Å². The summed E-state index contributed by atoms with van der Waals surface area (Å²) < 4.78 is 39.1. The number of nitrogens with zero attached hydrogens (tertiary/aromatic N) is 3. The third kappa shape index (κ3) is 9.82. The molecule has 2 N–H and O–H groups in total. The Kier molecular flexibility index (Phi) is 12.8. The number of nitrogens with one attached hydrogen (secondary N) is 1. The van der Waals surface area contributed by atoms with Crippen LogP contribution in [0.15, 0.2) is 59.5 Å². The standard InChI is InChI=1S/C29H42N4O8S/c1-22(2)18-32(42(38,39)26-11-9-24(10-12-26)33(36)37)19-28(34)27(17-23-7-5-4-6-8-23)30-29(35)20-31(14-16-40-3)25-13-15-41-21-25/h4-12,22,25,27-28,34H,13-21H2,1-3H3,(H,30,35)/t25-,27-,28+/m0/s1. The molecule has 2 aromatic carbocycles. The van der Waals surface area contributed by atoms with Gasteiger partial charge in [-0.1, -0.05) is 44.2 Å². The van der Waals surface area contributed by atoms with E-state index in [0.717, 1.165) is 24.1 Å². The van der Waals surface area contributed by atoms with Gasteiger partial charge >= 0.3 is 0 Å². The molecule has 1 fully saturated rings. The Morgan fingerprint density at radius 1 is 1.17 bits per heavy atom. The molecule has 1 heterocycles. The number of carbonyl (C=O) groups excluding carboxylic acids is 1. The summed E-state index contributed by atoms with van der Waals surface area (Å²) in [5.41, 5.74) is 0.648. The topological polar surface area (TPSA) is 152 Å². The van der Waals surface area contributed by atoms with E-state index in [0.29, 0.717) is 26.4 Å². The summed E-state index contributed by atoms with van der Waals surface area (Å²) in [6, 6.07) is 13.3. The molecule has 0 unspecified atom stereocenters. The SMILES string of the molecule is COCCN(CC(=O)N[C@@H](Cc1ccccc1)[C@H](O)CN(CC(C)C)S(=O)(=O)c1ccc([N+](=O)[O-])cc1)[C@H]1CCOC1. The smallest absolute Gasteiger partial charge is 0.269 e. The molecule has 0 saturated carbocycles. The summed E-state index contributed by atoms with van der Waals surface area (Å²) in [7, 11) is -2.51. The molecule has 0 spiro atoms. The molecular weight excluding hydrogens is 564 g/mol. The highest BCUT2D eigenvalue weighted by molar-refractivity contribution is 7.89. The first-order valence-corrected chi connectivity index (χ1v) is 15.5. The van der Waals surface area contributed by atoms with E-state index in [1.807, 2.05) is 49.1 Å². The van der Waals surface area contributed by atoms with E-state index < -0.39 is 27.1 Å². The van der Waals surface area contributed by atoms with Crippen LogP contribution in [0, 0.1) is 16.0 Å². The number of hydrogen-bond donors (Lipinski definition) is 2. The van der Waals surface area contributed by atoms with Gasteiger partial charge in [-0.3, -0.25) is 19.8 Å². The number of aliphatic hydroxyl groups is 1. The van der Waals surface area contributed by atoms with Gasteiger partial charge in [0.15, 0.2) is 0 Å². The molecule has 1 aliphatic heterocycles. The molecule has 1 aliphatic rings. The largest absolute Gasteiger partial charge is 0.390 e. The van der Waals surface area contributed by atoms with E-state index >= 15 is 0 Å². The highest BCUT2D eigenvalue weighted by Crippen LogP contribution is 2.22. The highest BCUT2D eigenvalue weighted by atomic mass is 32.2. The number of hydrogen-bond acceptors (Lipinski definition) is 9. The van der Waals surface area contributed by atoms with Crippen LogP contribution in [0.5, 0.6) is 0 Å². The van der Waals surface area contributed by atoms with Crippen molar-refractivity contribution in [3.8, 4) is 0 Å². The zero-order valence-electron chi connectivity index (χ0n) is 24.4. The lowest BCUT2D eigenvalue weighted by molar-refractivity contribution is -0.384.